The molecule has 3 rings (SSSR count). The Bertz CT molecular complexity index is 791. The van der Waals surface area contributed by atoms with Gasteiger partial charge in [0.15, 0.2) is 5.76 Å². The summed E-state index contributed by atoms with van der Waals surface area (Å²) in [4.78, 5) is 25.5. The molecule has 0 bridgehead atoms. The molecule has 116 valence electrons. The Hall–Kier alpha value is -2.88. The van der Waals surface area contributed by atoms with E-state index in [2.05, 4.69) is 5.32 Å². The fourth-order valence-corrected chi connectivity index (χ4v) is 2.48. The van der Waals surface area contributed by atoms with Gasteiger partial charge in [-0.1, -0.05) is 42.5 Å². The first kappa shape index (κ1) is 15.0. The molecule has 4 nitrogen and oxygen atoms in total. The highest BCUT2D eigenvalue weighted by Gasteiger charge is 2.34. The number of hydrogen-bond donors (Lipinski definition) is 1. The summed E-state index contributed by atoms with van der Waals surface area (Å²) < 4.78 is 5.66. The minimum atomic E-state index is -0.271. The van der Waals surface area contributed by atoms with Crippen LogP contribution in [0.15, 0.2) is 66.1 Å². The summed E-state index contributed by atoms with van der Waals surface area (Å²) in [6.07, 6.45) is -0.209. The summed E-state index contributed by atoms with van der Waals surface area (Å²) >= 11 is 0. The lowest BCUT2D eigenvalue weighted by atomic mass is 9.91. The number of allylic oxidation sites excluding steroid dienone is 2. The SMILES string of the molecule is CC(C)OC1=C(Nc2ccccc2)C(=O)c2ccccc2C1=O. The predicted octanol–water partition coefficient (Wildman–Crippen LogP) is 3.81. The maximum absolute atomic E-state index is 12.8. The molecule has 0 aliphatic heterocycles. The number of nitrogens with one attached hydrogen (secondary N) is 1. The van der Waals surface area contributed by atoms with Gasteiger partial charge in [0, 0.05) is 16.8 Å². The van der Waals surface area contributed by atoms with Crippen LogP contribution in [0.3, 0.4) is 0 Å². The molecular weight excluding hydrogens is 290 g/mol. The van der Waals surface area contributed by atoms with E-state index in [0.29, 0.717) is 11.1 Å². The molecule has 2 aromatic rings. The number of ketones is 2. The second-order valence-electron chi connectivity index (χ2n) is 5.57. The smallest absolute Gasteiger partial charge is 0.230 e. The topological polar surface area (TPSA) is 55.4 Å². The second kappa shape index (κ2) is 6.08. The first-order chi connectivity index (χ1) is 11.1. The van der Waals surface area contributed by atoms with Crippen LogP contribution >= 0.6 is 0 Å². The molecular formula is C19H17NO3. The highest BCUT2D eigenvalue weighted by molar-refractivity contribution is 6.27. The number of fused-ring (bicyclic) bond motifs is 1. The normalized spacial score (nSPS) is 14.0. The molecule has 0 aromatic heterocycles. The fraction of sp³-hybridized carbons (Fsp3) is 0.158. The van der Waals surface area contributed by atoms with E-state index in [-0.39, 0.29) is 29.1 Å². The molecule has 0 saturated heterocycles. The van der Waals surface area contributed by atoms with Gasteiger partial charge in [-0.05, 0) is 26.0 Å². The first-order valence-corrected chi connectivity index (χ1v) is 7.49. The van der Waals surface area contributed by atoms with E-state index in [1.807, 2.05) is 44.2 Å². The van der Waals surface area contributed by atoms with Crippen LogP contribution in [0.4, 0.5) is 5.69 Å². The largest absolute Gasteiger partial charge is 0.485 e. The standard InChI is InChI=1S/C19H17NO3/c1-12(2)23-19-16(20-13-8-4-3-5-9-13)17(21)14-10-6-7-11-15(14)18(19)22/h3-12,20H,1-2H3. The van der Waals surface area contributed by atoms with Crippen LogP contribution in [-0.2, 0) is 4.74 Å². The third-order valence-electron chi connectivity index (χ3n) is 3.47. The van der Waals surface area contributed by atoms with Gasteiger partial charge < -0.3 is 10.1 Å². The molecule has 0 heterocycles. The van der Waals surface area contributed by atoms with Gasteiger partial charge in [0.2, 0.25) is 11.6 Å². The van der Waals surface area contributed by atoms with Gasteiger partial charge in [0.25, 0.3) is 0 Å². The molecule has 0 radical (unpaired) electrons. The van der Waals surface area contributed by atoms with Gasteiger partial charge in [-0.15, -0.1) is 0 Å². The van der Waals surface area contributed by atoms with Crippen LogP contribution in [0.1, 0.15) is 34.6 Å². The zero-order chi connectivity index (χ0) is 16.4. The predicted molar refractivity (Wildman–Crippen MR) is 88.4 cm³/mol. The number of ether oxygens (including phenoxy) is 1. The molecule has 0 amide bonds. The van der Waals surface area contributed by atoms with Gasteiger partial charge >= 0.3 is 0 Å². The Labute approximate surface area is 134 Å². The number of anilines is 1. The number of hydrogen-bond acceptors (Lipinski definition) is 4. The van der Waals surface area contributed by atoms with Crippen LogP contribution in [0.5, 0.6) is 0 Å². The quantitative estimate of drug-likeness (QED) is 0.933. The maximum atomic E-state index is 12.8. The van der Waals surface area contributed by atoms with E-state index in [0.717, 1.165) is 5.69 Å². The van der Waals surface area contributed by atoms with Crippen molar-refractivity contribution in [1.29, 1.82) is 0 Å². The molecule has 0 spiro atoms. The van der Waals surface area contributed by atoms with Gasteiger partial charge in [-0.25, -0.2) is 0 Å². The lowest BCUT2D eigenvalue weighted by molar-refractivity contribution is 0.0799. The van der Waals surface area contributed by atoms with Crippen LogP contribution in [0, 0.1) is 0 Å². The number of carbonyl (C=O) groups excluding carboxylic acids is 2. The minimum Gasteiger partial charge on any atom is -0.485 e. The number of carbonyl (C=O) groups is 2. The average Bonchev–Trinajstić information content (AvgIpc) is 2.56. The van der Waals surface area contributed by atoms with Crippen LogP contribution in [0.2, 0.25) is 0 Å². The summed E-state index contributed by atoms with van der Waals surface area (Å²) in [5, 5.41) is 3.04. The van der Waals surface area contributed by atoms with Crippen LogP contribution in [-0.4, -0.2) is 17.7 Å². The van der Waals surface area contributed by atoms with Crippen LogP contribution < -0.4 is 5.32 Å². The molecule has 0 saturated carbocycles. The third-order valence-corrected chi connectivity index (χ3v) is 3.47. The average molecular weight is 307 g/mol. The van der Waals surface area contributed by atoms with Crippen molar-refractivity contribution in [1.82, 2.24) is 0 Å². The van der Waals surface area contributed by atoms with E-state index in [1.54, 1.807) is 24.3 Å². The Balaban J connectivity index is 2.10. The summed E-state index contributed by atoms with van der Waals surface area (Å²) in [7, 11) is 0. The minimum absolute atomic E-state index is 0.0764. The van der Waals surface area contributed by atoms with Gasteiger partial charge in [-0.3, -0.25) is 9.59 Å². The molecule has 0 fully saturated rings. The number of para-hydroxylation sites is 1. The zero-order valence-corrected chi connectivity index (χ0v) is 13.0. The van der Waals surface area contributed by atoms with Crippen molar-refractivity contribution >= 4 is 17.3 Å². The third kappa shape index (κ3) is 2.88. The lowest BCUT2D eigenvalue weighted by Gasteiger charge is -2.23. The molecule has 1 N–H and O–H groups in total. The van der Waals surface area contributed by atoms with Crippen molar-refractivity contribution in [2.75, 3.05) is 5.32 Å². The van der Waals surface area contributed by atoms with E-state index in [1.165, 1.54) is 0 Å². The highest BCUT2D eigenvalue weighted by atomic mass is 16.5. The number of Topliss-reactive ketones (excluding diaryl/α,β-unsaturated/α-hetero) is 2. The molecule has 1 aliphatic rings. The Morgan fingerprint density at radius 2 is 1.39 bits per heavy atom. The Kier molecular flexibility index (Phi) is 3.98. The molecule has 0 atom stereocenters. The van der Waals surface area contributed by atoms with E-state index < -0.39 is 0 Å². The fourth-order valence-electron chi connectivity index (χ4n) is 2.48. The van der Waals surface area contributed by atoms with Gasteiger partial charge in [0.1, 0.15) is 5.70 Å². The van der Waals surface area contributed by atoms with Crippen molar-refractivity contribution in [2.24, 2.45) is 0 Å². The first-order valence-electron chi connectivity index (χ1n) is 7.49. The lowest BCUT2D eigenvalue weighted by Crippen LogP contribution is -2.28. The van der Waals surface area contributed by atoms with E-state index in [4.69, 9.17) is 4.74 Å². The van der Waals surface area contributed by atoms with Crippen molar-refractivity contribution in [3.8, 4) is 0 Å². The van der Waals surface area contributed by atoms with Crippen LogP contribution in [0.25, 0.3) is 0 Å². The summed E-state index contributed by atoms with van der Waals surface area (Å²) in [5.74, 6) is -0.431. The monoisotopic (exact) mass is 307 g/mol. The van der Waals surface area contributed by atoms with Gasteiger partial charge in [-0.2, -0.15) is 0 Å². The van der Waals surface area contributed by atoms with Crippen molar-refractivity contribution in [2.45, 2.75) is 20.0 Å². The second-order valence-corrected chi connectivity index (χ2v) is 5.57. The van der Waals surface area contributed by atoms with Crippen molar-refractivity contribution < 1.29 is 14.3 Å². The molecule has 2 aromatic carbocycles. The maximum Gasteiger partial charge on any atom is 0.230 e. The zero-order valence-electron chi connectivity index (χ0n) is 13.0. The summed E-state index contributed by atoms with van der Waals surface area (Å²) in [5.41, 5.74) is 1.69. The summed E-state index contributed by atoms with van der Waals surface area (Å²) in [6.45, 7) is 3.65. The van der Waals surface area contributed by atoms with E-state index >= 15 is 0 Å². The van der Waals surface area contributed by atoms with E-state index in [9.17, 15) is 9.59 Å². The molecule has 0 unspecified atom stereocenters. The Morgan fingerprint density at radius 1 is 0.826 bits per heavy atom. The number of benzene rings is 2. The molecule has 4 heteroatoms. The van der Waals surface area contributed by atoms with Crippen molar-refractivity contribution in [3.63, 3.8) is 0 Å². The Morgan fingerprint density at radius 3 is 2.00 bits per heavy atom. The molecule has 23 heavy (non-hydrogen) atoms. The summed E-state index contributed by atoms with van der Waals surface area (Å²) in [6, 6.07) is 16.1. The molecule has 1 aliphatic carbocycles. The highest BCUT2D eigenvalue weighted by Crippen LogP contribution is 2.28. The van der Waals surface area contributed by atoms with Gasteiger partial charge in [0.05, 0.1) is 6.10 Å². The number of rotatable bonds is 4. The van der Waals surface area contributed by atoms with Crippen molar-refractivity contribution in [3.05, 3.63) is 77.2 Å².